The van der Waals surface area contributed by atoms with E-state index in [4.69, 9.17) is 22.1 Å². The van der Waals surface area contributed by atoms with Crippen LogP contribution in [0.4, 0.5) is 11.4 Å². The van der Waals surface area contributed by atoms with E-state index < -0.39 is 0 Å². The highest BCUT2D eigenvalue weighted by Gasteiger charge is 2.11. The van der Waals surface area contributed by atoms with Gasteiger partial charge in [0.1, 0.15) is 11.5 Å². The summed E-state index contributed by atoms with van der Waals surface area (Å²) in [5.74, 6) is 1.56. The number of halogens is 1. The molecule has 0 aliphatic carbocycles. The molecule has 1 aromatic heterocycles. The van der Waals surface area contributed by atoms with Gasteiger partial charge in [-0.1, -0.05) is 54.1 Å². The number of para-hydroxylation sites is 1. The normalized spacial score (nSPS) is 10.8. The molecule has 0 aliphatic heterocycles. The highest BCUT2D eigenvalue weighted by Crippen LogP contribution is 2.33. The maximum atomic E-state index is 6.19. The molecule has 0 fully saturated rings. The third-order valence-corrected chi connectivity index (χ3v) is 4.72. The molecule has 5 heteroatoms. The molecule has 0 bridgehead atoms. The smallest absolute Gasteiger partial charge is 0.154 e. The summed E-state index contributed by atoms with van der Waals surface area (Å²) < 4.78 is 5.85. The van der Waals surface area contributed by atoms with Crippen molar-refractivity contribution in [2.45, 2.75) is 6.54 Å². The topological polar surface area (TPSA) is 60.2 Å². The van der Waals surface area contributed by atoms with Crippen LogP contribution in [0.5, 0.6) is 11.5 Å². The van der Waals surface area contributed by atoms with Crippen LogP contribution in [0.1, 0.15) is 11.1 Å². The Morgan fingerprint density at radius 2 is 1.57 bits per heavy atom. The molecule has 1 heterocycles. The number of ether oxygens (including phenoxy) is 1. The van der Waals surface area contributed by atoms with Gasteiger partial charge in [0.25, 0.3) is 0 Å². The molecule has 3 aromatic carbocycles. The molecular weight excluding hydrogens is 370 g/mol. The van der Waals surface area contributed by atoms with E-state index in [1.165, 1.54) is 0 Å². The van der Waals surface area contributed by atoms with Gasteiger partial charge in [-0.3, -0.25) is 0 Å². The number of hydrogen-bond donors (Lipinski definition) is 2. The molecule has 0 spiro atoms. The predicted octanol–water partition coefficient (Wildman–Crippen LogP) is 6.06. The molecule has 28 heavy (non-hydrogen) atoms. The van der Waals surface area contributed by atoms with Crippen LogP contribution in [0, 0.1) is 6.92 Å². The summed E-state index contributed by atoms with van der Waals surface area (Å²) >= 11 is 6.19. The highest BCUT2D eigenvalue weighted by atomic mass is 35.5. The number of benzene rings is 3. The summed E-state index contributed by atoms with van der Waals surface area (Å²) in [6, 6.07) is 23.3. The number of aromatic nitrogens is 1. The van der Waals surface area contributed by atoms with Crippen molar-refractivity contribution in [2.75, 3.05) is 11.1 Å². The number of nitrogens with zero attached hydrogens (tertiary/aromatic N) is 1. The summed E-state index contributed by atoms with van der Waals surface area (Å²) in [7, 11) is 0. The first kappa shape index (κ1) is 18.1. The van der Waals surface area contributed by atoms with E-state index in [9.17, 15) is 0 Å². The van der Waals surface area contributed by atoms with Crippen molar-refractivity contribution < 1.29 is 4.74 Å². The van der Waals surface area contributed by atoms with Gasteiger partial charge in [-0.15, -0.1) is 0 Å². The molecule has 0 amide bonds. The largest absolute Gasteiger partial charge is 0.457 e. The Labute approximate surface area is 168 Å². The number of fused-ring (bicyclic) bond motifs is 1. The van der Waals surface area contributed by atoms with Gasteiger partial charge in [0, 0.05) is 11.9 Å². The van der Waals surface area contributed by atoms with E-state index in [1.807, 2.05) is 72.8 Å². The molecule has 3 N–H and O–H groups in total. The highest BCUT2D eigenvalue weighted by molar-refractivity contribution is 6.33. The van der Waals surface area contributed by atoms with E-state index in [-0.39, 0.29) is 0 Å². The number of anilines is 2. The fourth-order valence-electron chi connectivity index (χ4n) is 2.95. The zero-order valence-electron chi connectivity index (χ0n) is 15.2. The van der Waals surface area contributed by atoms with Crippen LogP contribution in [0.3, 0.4) is 0 Å². The van der Waals surface area contributed by atoms with Gasteiger partial charge >= 0.3 is 0 Å². The number of pyridine rings is 1. The molecule has 0 saturated carbocycles. The van der Waals surface area contributed by atoms with E-state index in [1.54, 1.807) is 0 Å². The third-order valence-electron chi connectivity index (χ3n) is 4.44. The van der Waals surface area contributed by atoms with Crippen molar-refractivity contribution in [2.24, 2.45) is 0 Å². The van der Waals surface area contributed by atoms with Gasteiger partial charge in [0.05, 0.1) is 16.9 Å². The van der Waals surface area contributed by atoms with Crippen molar-refractivity contribution in [3.8, 4) is 11.5 Å². The minimum atomic E-state index is 0.304. The number of nitrogens with two attached hydrogens (primary N) is 1. The van der Waals surface area contributed by atoms with Crippen LogP contribution in [0.25, 0.3) is 10.9 Å². The van der Waals surface area contributed by atoms with Crippen molar-refractivity contribution in [1.82, 2.24) is 4.98 Å². The molecule has 0 aliphatic rings. The third kappa shape index (κ3) is 3.87. The second kappa shape index (κ2) is 7.79. The van der Waals surface area contributed by atoms with Gasteiger partial charge in [0.15, 0.2) is 5.15 Å². The second-order valence-electron chi connectivity index (χ2n) is 6.45. The summed E-state index contributed by atoms with van der Waals surface area (Å²) in [6.07, 6.45) is 0. The Balaban J connectivity index is 1.49. The lowest BCUT2D eigenvalue weighted by Crippen LogP contribution is -2.05. The zero-order valence-corrected chi connectivity index (χ0v) is 15.9. The van der Waals surface area contributed by atoms with E-state index in [2.05, 4.69) is 17.2 Å². The predicted molar refractivity (Wildman–Crippen MR) is 116 cm³/mol. The Morgan fingerprint density at radius 1 is 0.929 bits per heavy atom. The molecule has 1 radical (unpaired) electrons. The Kier molecular flexibility index (Phi) is 5.04. The van der Waals surface area contributed by atoms with Crippen LogP contribution >= 0.6 is 11.6 Å². The molecule has 4 aromatic rings. The van der Waals surface area contributed by atoms with E-state index >= 15 is 0 Å². The summed E-state index contributed by atoms with van der Waals surface area (Å²) in [5.41, 5.74) is 10.3. The number of rotatable bonds is 5. The van der Waals surface area contributed by atoms with Crippen molar-refractivity contribution in [1.29, 1.82) is 0 Å². The van der Waals surface area contributed by atoms with Gasteiger partial charge in [-0.25, -0.2) is 4.98 Å². The van der Waals surface area contributed by atoms with Crippen LogP contribution in [0.2, 0.25) is 5.15 Å². The fourth-order valence-corrected chi connectivity index (χ4v) is 3.13. The summed E-state index contributed by atoms with van der Waals surface area (Å²) in [5, 5.41) is 4.64. The summed E-state index contributed by atoms with van der Waals surface area (Å²) in [6.45, 7) is 4.47. The maximum Gasteiger partial charge on any atom is 0.154 e. The average molecular weight is 389 g/mol. The maximum absolute atomic E-state index is 6.19. The standard InChI is InChI=1S/C23H19ClN3O/c1-15-6-10-17(11-7-15)28-18-12-8-16(9-13-18)14-26-22-19-4-2-3-5-20(19)27-23(24)21(22)25/h2-13H,1,14,25H2,(H,26,27). The van der Waals surface area contributed by atoms with Crippen molar-refractivity contribution in [3.63, 3.8) is 0 Å². The number of hydrogen-bond acceptors (Lipinski definition) is 4. The molecule has 4 rings (SSSR count). The quantitative estimate of drug-likeness (QED) is 0.408. The van der Waals surface area contributed by atoms with Crippen LogP contribution in [-0.4, -0.2) is 4.98 Å². The fraction of sp³-hybridized carbons (Fsp3) is 0.0435. The first-order chi connectivity index (χ1) is 13.6. The molecule has 139 valence electrons. The van der Waals surface area contributed by atoms with Crippen molar-refractivity contribution in [3.05, 3.63) is 96.0 Å². The van der Waals surface area contributed by atoms with Crippen LogP contribution in [0.15, 0.2) is 72.8 Å². The van der Waals surface area contributed by atoms with Crippen molar-refractivity contribution >= 4 is 33.9 Å². The molecule has 4 nitrogen and oxygen atoms in total. The Hall–Kier alpha value is -3.24. The zero-order chi connectivity index (χ0) is 19.5. The van der Waals surface area contributed by atoms with Gasteiger partial charge in [-0.2, -0.15) is 0 Å². The molecule has 0 saturated heterocycles. The minimum Gasteiger partial charge on any atom is -0.457 e. The number of nitrogen functional groups attached to an aromatic ring is 1. The Morgan fingerprint density at radius 3 is 2.29 bits per heavy atom. The van der Waals surface area contributed by atoms with E-state index in [0.717, 1.165) is 39.2 Å². The monoisotopic (exact) mass is 388 g/mol. The molecular formula is C23H19ClN3O. The Bertz CT molecular complexity index is 1110. The SMILES string of the molecule is [CH2]c1ccc(Oc2ccc(CNc3c(N)c(Cl)nc4ccccc34)cc2)cc1. The van der Waals surface area contributed by atoms with Gasteiger partial charge in [0.2, 0.25) is 0 Å². The first-order valence-corrected chi connectivity index (χ1v) is 9.24. The summed E-state index contributed by atoms with van der Waals surface area (Å²) in [4.78, 5) is 4.33. The first-order valence-electron chi connectivity index (χ1n) is 8.86. The molecule has 0 atom stereocenters. The number of nitrogens with one attached hydrogen (secondary N) is 1. The lowest BCUT2D eigenvalue weighted by Gasteiger charge is -2.14. The second-order valence-corrected chi connectivity index (χ2v) is 6.81. The van der Waals surface area contributed by atoms with E-state index in [0.29, 0.717) is 17.4 Å². The van der Waals surface area contributed by atoms with Crippen LogP contribution in [-0.2, 0) is 6.54 Å². The lowest BCUT2D eigenvalue weighted by atomic mass is 10.1. The van der Waals surface area contributed by atoms with Gasteiger partial charge in [-0.05, 0) is 48.4 Å². The lowest BCUT2D eigenvalue weighted by molar-refractivity contribution is 0.482. The van der Waals surface area contributed by atoms with Crippen LogP contribution < -0.4 is 15.8 Å². The van der Waals surface area contributed by atoms with Gasteiger partial charge < -0.3 is 15.8 Å². The molecule has 0 unspecified atom stereocenters. The minimum absolute atomic E-state index is 0.304. The average Bonchev–Trinajstić information content (AvgIpc) is 2.71.